The fourth-order valence-corrected chi connectivity index (χ4v) is 3.17. The zero-order valence-corrected chi connectivity index (χ0v) is 16.1. The van der Waals surface area contributed by atoms with Gasteiger partial charge in [-0.25, -0.2) is 0 Å². The Morgan fingerprint density at radius 3 is 2.52 bits per heavy atom. The number of nitrogens with one attached hydrogen (secondary N) is 1. The predicted molar refractivity (Wildman–Crippen MR) is 107 cm³/mol. The van der Waals surface area contributed by atoms with Gasteiger partial charge in [-0.1, -0.05) is 33.4 Å². The highest BCUT2D eigenvalue weighted by molar-refractivity contribution is 6.03. The lowest BCUT2D eigenvalue weighted by Crippen LogP contribution is -2.15. The highest BCUT2D eigenvalue weighted by atomic mass is 16.3. The maximum atomic E-state index is 11.8. The number of benzene rings is 2. The molecule has 6 heteroatoms. The van der Waals surface area contributed by atoms with Crippen molar-refractivity contribution in [3.8, 4) is 11.4 Å². The van der Waals surface area contributed by atoms with Crippen molar-refractivity contribution in [3.05, 3.63) is 54.1 Å². The number of aromatic hydroxyl groups is 1. The van der Waals surface area contributed by atoms with Gasteiger partial charge in [-0.2, -0.15) is 0 Å². The van der Waals surface area contributed by atoms with E-state index in [0.717, 1.165) is 28.8 Å². The van der Waals surface area contributed by atoms with Gasteiger partial charge in [0.1, 0.15) is 22.5 Å². The third kappa shape index (κ3) is 2.60. The zero-order valence-electron chi connectivity index (χ0n) is 16.1. The molecule has 2 N–H and O–H groups in total. The summed E-state index contributed by atoms with van der Waals surface area (Å²) in [7, 11) is 0. The predicted octanol–water partition coefficient (Wildman–Crippen LogP) is 4.33. The molecule has 27 heavy (non-hydrogen) atoms. The Bertz CT molecular complexity index is 1170. The van der Waals surface area contributed by atoms with Crippen LogP contribution in [-0.4, -0.2) is 25.1 Å². The Hall–Kier alpha value is -3.15. The quantitative estimate of drug-likeness (QED) is 0.518. The van der Waals surface area contributed by atoms with Crippen LogP contribution >= 0.6 is 0 Å². The number of anilines is 1. The monoisotopic (exact) mass is 364 g/mol. The number of phenols is 1. The fourth-order valence-electron chi connectivity index (χ4n) is 3.17. The summed E-state index contributed by atoms with van der Waals surface area (Å²) in [5, 5.41) is 13.2. The van der Waals surface area contributed by atoms with Gasteiger partial charge >= 0.3 is 0 Å². The maximum Gasteiger partial charge on any atom is 0.250 e. The van der Waals surface area contributed by atoms with Crippen LogP contribution in [0.3, 0.4) is 0 Å². The highest BCUT2D eigenvalue weighted by Crippen LogP contribution is 2.35. The second-order valence-electron chi connectivity index (χ2n) is 7.75. The second-order valence-corrected chi connectivity index (χ2v) is 7.75. The number of nitrogens with zero attached hydrogens (tertiary/aromatic N) is 3. The van der Waals surface area contributed by atoms with E-state index in [2.05, 4.69) is 32.7 Å². The van der Waals surface area contributed by atoms with Crippen molar-refractivity contribution in [1.82, 2.24) is 14.1 Å². The second kappa shape index (κ2) is 5.67. The molecule has 0 fully saturated rings. The van der Waals surface area contributed by atoms with Crippen molar-refractivity contribution >= 4 is 22.6 Å². The number of rotatable bonds is 5. The summed E-state index contributed by atoms with van der Waals surface area (Å²) in [6.45, 7) is 11.9. The first-order valence-electron chi connectivity index (χ1n) is 9.09. The topological polar surface area (TPSA) is 63.1 Å². The molecule has 0 unspecified atom stereocenters. The lowest BCUT2D eigenvalue weighted by atomic mass is 9.82. The number of aromatic nitrogens is 3. The van der Waals surface area contributed by atoms with Crippen LogP contribution in [-0.2, 0) is 10.2 Å². The molecular weight excluding hydrogens is 340 g/mol. The molecule has 0 atom stereocenters. The summed E-state index contributed by atoms with van der Waals surface area (Å²) in [5.41, 5.74) is 5.17. The van der Waals surface area contributed by atoms with Gasteiger partial charge in [-0.3, -0.25) is 4.79 Å². The van der Waals surface area contributed by atoms with Crippen LogP contribution in [0.25, 0.3) is 16.7 Å². The molecule has 0 bridgehead atoms. The van der Waals surface area contributed by atoms with Gasteiger partial charge in [0.2, 0.25) is 0 Å². The summed E-state index contributed by atoms with van der Waals surface area (Å²) < 4.78 is 3.95. The van der Waals surface area contributed by atoms with E-state index in [1.807, 2.05) is 44.4 Å². The van der Waals surface area contributed by atoms with Gasteiger partial charge in [-0.15, -0.1) is 14.1 Å². The van der Waals surface area contributed by atoms with Crippen LogP contribution in [0.5, 0.6) is 5.75 Å². The Balaban J connectivity index is 1.74. The molecule has 140 valence electrons. The van der Waals surface area contributed by atoms with Crippen LogP contribution in [0.1, 0.15) is 39.7 Å². The standard InChI is InChI=1S/C21H24N4O2/c1-6-21(4,5)14-7-10-19(26)18(11-14)25-23-16-9-8-15(12-17(16)24(23)25)22-20(27)13(2)3/h7-12,26H,2,6H2,1,3-5H3,(H,22,27). The van der Waals surface area contributed by atoms with Gasteiger partial charge in [0.05, 0.1) is 0 Å². The van der Waals surface area contributed by atoms with Crippen LogP contribution in [0.2, 0.25) is 0 Å². The van der Waals surface area contributed by atoms with E-state index in [1.54, 1.807) is 13.0 Å². The van der Waals surface area contributed by atoms with Gasteiger partial charge in [-0.05, 0) is 54.7 Å². The number of fused-ring (bicyclic) bond motifs is 4. The largest absolute Gasteiger partial charge is 0.506 e. The van der Waals surface area contributed by atoms with Crippen molar-refractivity contribution in [2.75, 3.05) is 5.32 Å². The number of hydrogen-bond donors (Lipinski definition) is 2. The van der Waals surface area contributed by atoms with Crippen molar-refractivity contribution in [2.45, 2.75) is 39.5 Å². The number of carbonyl (C=O) groups excluding carboxylic acids is 1. The van der Waals surface area contributed by atoms with E-state index in [-0.39, 0.29) is 17.1 Å². The summed E-state index contributed by atoms with van der Waals surface area (Å²) in [4.78, 5) is 13.8. The van der Waals surface area contributed by atoms with Gasteiger partial charge in [0, 0.05) is 11.3 Å². The molecule has 6 nitrogen and oxygen atoms in total. The average molecular weight is 364 g/mol. The molecule has 2 aromatic carbocycles. The minimum absolute atomic E-state index is 0.0367. The number of phenolic OH excluding ortho intramolecular Hbond substituents is 1. The minimum Gasteiger partial charge on any atom is -0.506 e. The van der Waals surface area contributed by atoms with Gasteiger partial charge < -0.3 is 10.4 Å². The Labute approximate surface area is 157 Å². The molecule has 2 aromatic heterocycles. The van der Waals surface area contributed by atoms with Gasteiger partial charge in [0.15, 0.2) is 0 Å². The molecule has 2 heterocycles. The zero-order chi connectivity index (χ0) is 19.5. The summed E-state index contributed by atoms with van der Waals surface area (Å²) >= 11 is 0. The molecule has 0 saturated heterocycles. The molecule has 0 aliphatic heterocycles. The van der Waals surface area contributed by atoms with Crippen molar-refractivity contribution in [2.24, 2.45) is 0 Å². The molecule has 0 spiro atoms. The first-order valence-corrected chi connectivity index (χ1v) is 9.09. The van der Waals surface area contributed by atoms with E-state index in [0.29, 0.717) is 5.57 Å². The third-order valence-electron chi connectivity index (χ3n) is 5.42. The van der Waals surface area contributed by atoms with Crippen LogP contribution in [0.4, 0.5) is 5.69 Å². The van der Waals surface area contributed by atoms with Gasteiger partial charge in [0.25, 0.3) is 5.91 Å². The number of hydrogen-bond acceptors (Lipinski definition) is 2. The fraction of sp³-hybridized carbons (Fsp3) is 0.286. The maximum absolute atomic E-state index is 11.8. The van der Waals surface area contributed by atoms with E-state index in [9.17, 15) is 9.90 Å². The molecular formula is C21H24N4O2. The van der Waals surface area contributed by atoms with Crippen LogP contribution in [0, 0.1) is 0 Å². The van der Waals surface area contributed by atoms with E-state index in [4.69, 9.17) is 0 Å². The highest BCUT2D eigenvalue weighted by Gasteiger charge is 2.28. The molecule has 0 aliphatic carbocycles. The smallest absolute Gasteiger partial charge is 0.250 e. The molecule has 1 amide bonds. The van der Waals surface area contributed by atoms with E-state index >= 15 is 0 Å². The van der Waals surface area contributed by atoms with E-state index in [1.165, 1.54) is 5.56 Å². The molecule has 0 saturated carbocycles. The molecule has 4 rings (SSSR count). The first-order chi connectivity index (χ1) is 12.7. The Morgan fingerprint density at radius 1 is 1.15 bits per heavy atom. The normalized spacial score (nSPS) is 12.3. The minimum atomic E-state index is -0.194. The summed E-state index contributed by atoms with van der Waals surface area (Å²) in [6.07, 6.45) is 1.01. The van der Waals surface area contributed by atoms with Crippen LogP contribution < -0.4 is 5.32 Å². The average Bonchev–Trinajstić information content (AvgIpc) is 3.29. The Kier molecular flexibility index (Phi) is 3.63. The molecule has 0 radical (unpaired) electrons. The van der Waals surface area contributed by atoms with Crippen molar-refractivity contribution in [1.29, 1.82) is 0 Å². The van der Waals surface area contributed by atoms with Crippen molar-refractivity contribution < 1.29 is 9.90 Å². The third-order valence-corrected chi connectivity index (χ3v) is 5.42. The molecule has 4 aromatic rings. The summed E-state index contributed by atoms with van der Waals surface area (Å²) in [6, 6.07) is 11.5. The van der Waals surface area contributed by atoms with E-state index < -0.39 is 0 Å². The lowest BCUT2D eigenvalue weighted by molar-refractivity contribution is -0.112. The lowest BCUT2D eigenvalue weighted by Gasteiger charge is -2.23. The van der Waals surface area contributed by atoms with Crippen molar-refractivity contribution in [3.63, 3.8) is 0 Å². The molecule has 0 aliphatic rings. The number of carbonyl (C=O) groups is 1. The SMILES string of the molecule is C=C(C)C(=O)Nc1ccc2c(c1)n1n(-c3cc(C(C)(C)CC)ccc3O)n21. The Morgan fingerprint density at radius 2 is 1.85 bits per heavy atom. The number of amides is 1. The summed E-state index contributed by atoms with van der Waals surface area (Å²) in [5.74, 6) is 0.0442. The first kappa shape index (κ1) is 17.3. The van der Waals surface area contributed by atoms with Crippen LogP contribution in [0.15, 0.2) is 48.6 Å².